The highest BCUT2D eigenvalue weighted by molar-refractivity contribution is 5.72. The van der Waals surface area contributed by atoms with Gasteiger partial charge in [0.1, 0.15) is 6.04 Å². The second-order valence-electron chi connectivity index (χ2n) is 4.94. The third-order valence-electron chi connectivity index (χ3n) is 3.23. The number of unbranched alkanes of at least 4 members (excludes halogenated alkanes) is 1. The van der Waals surface area contributed by atoms with E-state index in [-0.39, 0.29) is 0 Å². The number of carboxylic acids is 1. The van der Waals surface area contributed by atoms with E-state index in [1.165, 1.54) is 0 Å². The van der Waals surface area contributed by atoms with E-state index in [2.05, 4.69) is 12.2 Å². The number of carbonyl (C=O) groups excluding carboxylic acids is 1. The van der Waals surface area contributed by atoms with E-state index in [0.717, 1.165) is 6.42 Å². The average Bonchev–Trinajstić information content (AvgIpc) is 3.02. The van der Waals surface area contributed by atoms with Crippen LogP contribution in [0.15, 0.2) is 0 Å². The Kier molecular flexibility index (Phi) is 5.91. The average molecular weight is 258 g/mol. The fourth-order valence-corrected chi connectivity index (χ4v) is 1.67. The van der Waals surface area contributed by atoms with Crippen molar-refractivity contribution >= 4 is 12.1 Å². The lowest BCUT2D eigenvalue weighted by Crippen LogP contribution is -2.30. The second-order valence-corrected chi connectivity index (χ2v) is 4.94. The standard InChI is InChI=1S/C12H22N2O4/c1-8-6-9(8)7-18-12(17)14-5-3-2-4-10(13)11(15)16/h8-10H,2-7,13H2,1H3,(H,14,17)(H,15,16)/t8?,9?,10-/m0/s1. The van der Waals surface area contributed by atoms with E-state index < -0.39 is 18.1 Å². The first-order valence-corrected chi connectivity index (χ1v) is 6.39. The highest BCUT2D eigenvalue weighted by Gasteiger charge is 2.33. The molecule has 0 aromatic heterocycles. The quantitative estimate of drug-likeness (QED) is 0.563. The molecule has 0 aliphatic heterocycles. The summed E-state index contributed by atoms with van der Waals surface area (Å²) >= 11 is 0. The number of carbonyl (C=O) groups is 2. The minimum absolute atomic E-state index is 0.392. The molecule has 0 aromatic carbocycles. The fourth-order valence-electron chi connectivity index (χ4n) is 1.67. The molecule has 6 nitrogen and oxygen atoms in total. The lowest BCUT2D eigenvalue weighted by Gasteiger charge is -2.08. The van der Waals surface area contributed by atoms with Gasteiger partial charge in [-0.2, -0.15) is 0 Å². The van der Waals surface area contributed by atoms with Crippen LogP contribution in [-0.4, -0.2) is 36.4 Å². The van der Waals surface area contributed by atoms with Crippen molar-refractivity contribution < 1.29 is 19.4 Å². The number of amides is 1. The molecule has 1 saturated carbocycles. The van der Waals surface area contributed by atoms with Gasteiger partial charge in [-0.05, 0) is 37.5 Å². The lowest BCUT2D eigenvalue weighted by atomic mass is 10.1. The molecule has 104 valence electrons. The van der Waals surface area contributed by atoms with Gasteiger partial charge in [0.2, 0.25) is 0 Å². The van der Waals surface area contributed by atoms with E-state index >= 15 is 0 Å². The van der Waals surface area contributed by atoms with Crippen molar-refractivity contribution in [3.05, 3.63) is 0 Å². The largest absolute Gasteiger partial charge is 0.480 e. The molecular formula is C12H22N2O4. The molecule has 0 radical (unpaired) electrons. The first-order valence-electron chi connectivity index (χ1n) is 6.39. The van der Waals surface area contributed by atoms with E-state index in [4.69, 9.17) is 15.6 Å². The summed E-state index contributed by atoms with van der Waals surface area (Å²) in [7, 11) is 0. The van der Waals surface area contributed by atoms with E-state index in [1.807, 2.05) is 0 Å². The Morgan fingerprint density at radius 2 is 2.17 bits per heavy atom. The molecule has 1 aliphatic carbocycles. The summed E-state index contributed by atoms with van der Waals surface area (Å²) in [6.45, 7) is 3.12. The molecule has 0 saturated heterocycles. The van der Waals surface area contributed by atoms with Crippen LogP contribution in [0.4, 0.5) is 4.79 Å². The topological polar surface area (TPSA) is 102 Å². The monoisotopic (exact) mass is 258 g/mol. The van der Waals surface area contributed by atoms with Crippen LogP contribution in [0.5, 0.6) is 0 Å². The summed E-state index contributed by atoms with van der Waals surface area (Å²) in [6, 6.07) is -0.812. The smallest absolute Gasteiger partial charge is 0.407 e. The van der Waals surface area contributed by atoms with Crippen molar-refractivity contribution in [1.82, 2.24) is 5.32 Å². The Labute approximate surface area is 107 Å². The van der Waals surface area contributed by atoms with Gasteiger partial charge in [-0.25, -0.2) is 4.79 Å². The van der Waals surface area contributed by atoms with Gasteiger partial charge in [0.15, 0.2) is 0 Å². The SMILES string of the molecule is CC1CC1COC(=O)NCCCC[C@H](N)C(=O)O. The lowest BCUT2D eigenvalue weighted by molar-refractivity contribution is -0.138. The fraction of sp³-hybridized carbons (Fsp3) is 0.833. The molecule has 6 heteroatoms. The van der Waals surface area contributed by atoms with Gasteiger partial charge in [-0.1, -0.05) is 6.92 Å². The Balaban J connectivity index is 1.90. The normalized spacial score (nSPS) is 23.2. The molecule has 0 bridgehead atoms. The zero-order valence-corrected chi connectivity index (χ0v) is 10.7. The molecule has 1 amide bonds. The molecule has 1 rings (SSSR count). The first-order chi connectivity index (χ1) is 8.50. The molecule has 0 aromatic rings. The maximum absolute atomic E-state index is 11.2. The summed E-state index contributed by atoms with van der Waals surface area (Å²) in [5.74, 6) is 0.223. The Hall–Kier alpha value is -1.30. The van der Waals surface area contributed by atoms with Crippen LogP contribution >= 0.6 is 0 Å². The number of hydrogen-bond acceptors (Lipinski definition) is 4. The number of nitrogens with one attached hydrogen (secondary N) is 1. The van der Waals surface area contributed by atoms with Gasteiger partial charge in [-0.3, -0.25) is 4.79 Å². The van der Waals surface area contributed by atoms with Crippen LogP contribution in [0.25, 0.3) is 0 Å². The van der Waals surface area contributed by atoms with Crippen LogP contribution in [0, 0.1) is 11.8 Å². The summed E-state index contributed by atoms with van der Waals surface area (Å²) in [5.41, 5.74) is 5.35. The number of aliphatic carboxylic acids is 1. The van der Waals surface area contributed by atoms with E-state index in [0.29, 0.717) is 44.2 Å². The third-order valence-corrected chi connectivity index (χ3v) is 3.23. The van der Waals surface area contributed by atoms with Gasteiger partial charge in [0.05, 0.1) is 6.61 Å². The third kappa shape index (κ3) is 5.86. The zero-order valence-electron chi connectivity index (χ0n) is 10.7. The van der Waals surface area contributed by atoms with E-state index in [1.54, 1.807) is 0 Å². The summed E-state index contributed by atoms with van der Waals surface area (Å²) in [5, 5.41) is 11.2. The molecule has 18 heavy (non-hydrogen) atoms. The minimum atomic E-state index is -0.985. The molecule has 3 atom stereocenters. The van der Waals surface area contributed by atoms with Gasteiger partial charge in [0, 0.05) is 6.54 Å². The Morgan fingerprint density at radius 3 is 2.72 bits per heavy atom. The number of ether oxygens (including phenoxy) is 1. The van der Waals surface area contributed by atoms with E-state index in [9.17, 15) is 9.59 Å². The molecule has 1 fully saturated rings. The van der Waals surface area contributed by atoms with Crippen molar-refractivity contribution in [2.75, 3.05) is 13.2 Å². The van der Waals surface area contributed by atoms with Crippen LogP contribution in [0.1, 0.15) is 32.6 Å². The van der Waals surface area contributed by atoms with Crippen molar-refractivity contribution in [2.45, 2.75) is 38.6 Å². The molecule has 2 unspecified atom stereocenters. The van der Waals surface area contributed by atoms with Gasteiger partial charge >= 0.3 is 12.1 Å². The predicted octanol–water partition coefficient (Wildman–Crippen LogP) is 0.951. The summed E-state index contributed by atoms with van der Waals surface area (Å²) in [4.78, 5) is 21.7. The molecule has 0 heterocycles. The first kappa shape index (κ1) is 14.8. The van der Waals surface area contributed by atoms with Crippen LogP contribution < -0.4 is 11.1 Å². The number of alkyl carbamates (subject to hydrolysis) is 1. The maximum atomic E-state index is 11.2. The highest BCUT2D eigenvalue weighted by atomic mass is 16.5. The number of hydrogen-bond donors (Lipinski definition) is 3. The maximum Gasteiger partial charge on any atom is 0.407 e. The number of nitrogens with two attached hydrogens (primary N) is 1. The van der Waals surface area contributed by atoms with Crippen LogP contribution in [0.2, 0.25) is 0 Å². The van der Waals surface area contributed by atoms with Crippen LogP contribution in [0.3, 0.4) is 0 Å². The predicted molar refractivity (Wildman–Crippen MR) is 66.1 cm³/mol. The van der Waals surface area contributed by atoms with Crippen molar-refractivity contribution in [3.63, 3.8) is 0 Å². The molecular weight excluding hydrogens is 236 g/mol. The van der Waals surface area contributed by atoms with Crippen molar-refractivity contribution in [3.8, 4) is 0 Å². The second kappa shape index (κ2) is 7.20. The molecule has 4 N–H and O–H groups in total. The Morgan fingerprint density at radius 1 is 1.50 bits per heavy atom. The minimum Gasteiger partial charge on any atom is -0.480 e. The zero-order chi connectivity index (χ0) is 13.5. The number of carboxylic acid groups (broad SMARTS) is 1. The van der Waals surface area contributed by atoms with Gasteiger partial charge in [-0.15, -0.1) is 0 Å². The van der Waals surface area contributed by atoms with Crippen molar-refractivity contribution in [2.24, 2.45) is 17.6 Å². The van der Waals surface area contributed by atoms with Crippen molar-refractivity contribution in [1.29, 1.82) is 0 Å². The molecule has 0 spiro atoms. The van der Waals surface area contributed by atoms with Gasteiger partial charge in [0.25, 0.3) is 0 Å². The molecule has 1 aliphatic rings. The van der Waals surface area contributed by atoms with Crippen LogP contribution in [-0.2, 0) is 9.53 Å². The highest BCUT2D eigenvalue weighted by Crippen LogP contribution is 2.37. The Bertz CT molecular complexity index is 296. The number of rotatable bonds is 8. The van der Waals surface area contributed by atoms with Gasteiger partial charge < -0.3 is 20.9 Å². The summed E-state index contributed by atoms with van der Waals surface area (Å²) < 4.78 is 5.03. The summed E-state index contributed by atoms with van der Waals surface area (Å²) in [6.07, 6.45) is 2.55.